The molecule has 4 heteroatoms. The van der Waals surface area contributed by atoms with Crippen LogP contribution in [-0.4, -0.2) is 23.8 Å². The van der Waals surface area contributed by atoms with Gasteiger partial charge in [-0.15, -0.1) is 0 Å². The number of carboxylic acid groups (broad SMARTS) is 1. The summed E-state index contributed by atoms with van der Waals surface area (Å²) in [6, 6.07) is 32.2. The van der Waals surface area contributed by atoms with Crippen molar-refractivity contribution in [2.75, 3.05) is 6.61 Å². The molecule has 47 heavy (non-hydrogen) atoms. The normalized spacial score (nSPS) is 19.7. The van der Waals surface area contributed by atoms with Crippen LogP contribution in [0.2, 0.25) is 0 Å². The highest BCUT2D eigenvalue weighted by molar-refractivity contribution is 5.70. The molecule has 1 N–H and O–H groups in total. The van der Waals surface area contributed by atoms with Crippen LogP contribution in [-0.2, 0) is 14.9 Å². The van der Waals surface area contributed by atoms with Gasteiger partial charge in [-0.1, -0.05) is 138 Å². The van der Waals surface area contributed by atoms with Gasteiger partial charge in [-0.05, 0) is 77.1 Å². The monoisotopic (exact) mass is 630 g/mol. The molecule has 4 aromatic rings. The van der Waals surface area contributed by atoms with Crippen LogP contribution in [0, 0.1) is 12.8 Å². The standard InChI is InChI=1S/C43H50O4/c1-8-9-15-38-37(33-18-16-31(17-19-33)32-20-22-35(23-21-32)43(5,6)7)26-36(28(2)3)42(47-38)41-29(4)24-34(30-13-11-10-12-14-30)25-39(41)46-27-40(44)45/h10-14,16-25,36-38,42H,2,8-9,15,26-27H2,1,3-7H3,(H,44,45)/t36-,37-,38+,42+/m0/s1. The summed E-state index contributed by atoms with van der Waals surface area (Å²) in [5.74, 6) is -0.189. The molecule has 1 fully saturated rings. The van der Waals surface area contributed by atoms with Crippen molar-refractivity contribution in [3.05, 3.63) is 125 Å². The molecule has 0 spiro atoms. The summed E-state index contributed by atoms with van der Waals surface area (Å²) in [4.78, 5) is 11.6. The Labute approximate surface area is 281 Å². The molecule has 4 atom stereocenters. The topological polar surface area (TPSA) is 55.8 Å². The van der Waals surface area contributed by atoms with Gasteiger partial charge in [0, 0.05) is 17.4 Å². The predicted octanol–water partition coefficient (Wildman–Crippen LogP) is 11.1. The van der Waals surface area contributed by atoms with Crippen LogP contribution in [0.4, 0.5) is 0 Å². The van der Waals surface area contributed by atoms with Crippen molar-refractivity contribution in [1.82, 2.24) is 0 Å². The van der Waals surface area contributed by atoms with Gasteiger partial charge in [0.25, 0.3) is 0 Å². The summed E-state index contributed by atoms with van der Waals surface area (Å²) >= 11 is 0. The summed E-state index contributed by atoms with van der Waals surface area (Å²) in [5.41, 5.74) is 10.2. The lowest BCUT2D eigenvalue weighted by Gasteiger charge is -2.43. The summed E-state index contributed by atoms with van der Waals surface area (Å²) in [5, 5.41) is 9.54. The summed E-state index contributed by atoms with van der Waals surface area (Å²) in [6.07, 6.45) is 3.71. The molecule has 5 rings (SSSR count). The zero-order valence-corrected chi connectivity index (χ0v) is 28.9. The van der Waals surface area contributed by atoms with E-state index in [1.54, 1.807) is 0 Å². The molecule has 1 saturated heterocycles. The van der Waals surface area contributed by atoms with Gasteiger partial charge >= 0.3 is 5.97 Å². The van der Waals surface area contributed by atoms with Crippen molar-refractivity contribution in [3.8, 4) is 28.0 Å². The zero-order chi connectivity index (χ0) is 33.7. The van der Waals surface area contributed by atoms with Crippen molar-refractivity contribution in [2.45, 2.75) is 90.8 Å². The maximum Gasteiger partial charge on any atom is 0.341 e. The number of hydrogen-bond acceptors (Lipinski definition) is 3. The molecule has 0 radical (unpaired) electrons. The van der Waals surface area contributed by atoms with Gasteiger partial charge in [0.15, 0.2) is 6.61 Å². The van der Waals surface area contributed by atoms with Gasteiger partial charge in [-0.25, -0.2) is 4.79 Å². The summed E-state index contributed by atoms with van der Waals surface area (Å²) in [7, 11) is 0. The van der Waals surface area contributed by atoms with E-state index < -0.39 is 12.6 Å². The minimum atomic E-state index is -1.01. The van der Waals surface area contributed by atoms with Crippen molar-refractivity contribution in [3.63, 3.8) is 0 Å². The molecule has 246 valence electrons. The van der Waals surface area contributed by atoms with Crippen molar-refractivity contribution < 1.29 is 19.4 Å². The SMILES string of the molecule is C=C(C)[C@@H]1C[C@@H](c2ccc(-c3ccc(C(C)(C)C)cc3)cc2)[C@@H](CCCC)O[C@H]1c1c(C)cc(-c2ccccc2)cc1OCC(=O)O. The van der Waals surface area contributed by atoms with Gasteiger partial charge < -0.3 is 14.6 Å². The Hall–Kier alpha value is -4.15. The molecule has 0 unspecified atom stereocenters. The summed E-state index contributed by atoms with van der Waals surface area (Å²) in [6.45, 7) is 17.1. The number of carbonyl (C=O) groups is 1. The van der Waals surface area contributed by atoms with Crippen LogP contribution in [0.3, 0.4) is 0 Å². The van der Waals surface area contributed by atoms with E-state index in [1.807, 2.05) is 24.3 Å². The van der Waals surface area contributed by atoms with Crippen LogP contribution in [0.5, 0.6) is 5.75 Å². The van der Waals surface area contributed by atoms with E-state index in [2.05, 4.69) is 115 Å². The van der Waals surface area contributed by atoms with E-state index in [9.17, 15) is 9.90 Å². The van der Waals surface area contributed by atoms with Crippen LogP contribution < -0.4 is 4.74 Å². The average molecular weight is 631 g/mol. The zero-order valence-electron chi connectivity index (χ0n) is 28.9. The highest BCUT2D eigenvalue weighted by Crippen LogP contribution is 2.50. The molecule has 1 aliphatic rings. The summed E-state index contributed by atoms with van der Waals surface area (Å²) < 4.78 is 13.2. The highest BCUT2D eigenvalue weighted by atomic mass is 16.5. The van der Waals surface area contributed by atoms with Crippen LogP contribution in [0.15, 0.2) is 103 Å². The van der Waals surface area contributed by atoms with Crippen molar-refractivity contribution >= 4 is 5.97 Å². The molecule has 0 amide bonds. The third kappa shape index (κ3) is 8.05. The molecule has 1 aliphatic heterocycles. The van der Waals surface area contributed by atoms with Crippen LogP contribution in [0.25, 0.3) is 22.3 Å². The minimum Gasteiger partial charge on any atom is -0.481 e. The van der Waals surface area contributed by atoms with E-state index in [1.165, 1.54) is 22.3 Å². The molecular weight excluding hydrogens is 580 g/mol. The van der Waals surface area contributed by atoms with Crippen molar-refractivity contribution in [1.29, 1.82) is 0 Å². The number of aryl methyl sites for hydroxylation is 1. The number of ether oxygens (including phenoxy) is 2. The fourth-order valence-corrected chi connectivity index (χ4v) is 6.95. The molecule has 0 bridgehead atoms. The van der Waals surface area contributed by atoms with E-state index >= 15 is 0 Å². The smallest absolute Gasteiger partial charge is 0.341 e. The van der Waals surface area contributed by atoms with Gasteiger partial charge in [0.05, 0.1) is 12.2 Å². The van der Waals surface area contributed by atoms with E-state index in [0.717, 1.165) is 53.5 Å². The Morgan fingerprint density at radius 2 is 1.53 bits per heavy atom. The number of benzene rings is 4. The number of rotatable bonds is 11. The fraction of sp³-hybridized carbons (Fsp3) is 0.372. The molecule has 0 aliphatic carbocycles. The third-order valence-electron chi connectivity index (χ3n) is 9.63. The first-order chi connectivity index (χ1) is 22.5. The largest absolute Gasteiger partial charge is 0.481 e. The lowest BCUT2D eigenvalue weighted by atomic mass is 9.73. The number of carboxylic acids is 1. The Balaban J connectivity index is 1.49. The highest BCUT2D eigenvalue weighted by Gasteiger charge is 2.41. The maximum absolute atomic E-state index is 11.6. The number of unbranched alkanes of at least 4 members (excludes halogenated alkanes) is 1. The fourth-order valence-electron chi connectivity index (χ4n) is 6.95. The van der Waals surface area contributed by atoms with Crippen molar-refractivity contribution in [2.24, 2.45) is 5.92 Å². The lowest BCUT2D eigenvalue weighted by molar-refractivity contribution is -0.139. The first-order valence-corrected chi connectivity index (χ1v) is 17.0. The third-order valence-corrected chi connectivity index (χ3v) is 9.63. The van der Waals surface area contributed by atoms with Crippen LogP contribution >= 0.6 is 0 Å². The maximum atomic E-state index is 11.6. The van der Waals surface area contributed by atoms with Gasteiger partial charge in [0.1, 0.15) is 5.75 Å². The molecule has 4 aromatic carbocycles. The molecule has 0 aromatic heterocycles. The Morgan fingerprint density at radius 1 is 0.915 bits per heavy atom. The first-order valence-electron chi connectivity index (χ1n) is 17.0. The number of aliphatic carboxylic acids is 1. The van der Waals surface area contributed by atoms with E-state index in [4.69, 9.17) is 9.47 Å². The quantitative estimate of drug-likeness (QED) is 0.168. The van der Waals surface area contributed by atoms with Crippen LogP contribution in [0.1, 0.15) is 94.6 Å². The predicted molar refractivity (Wildman–Crippen MR) is 193 cm³/mol. The van der Waals surface area contributed by atoms with E-state index in [0.29, 0.717) is 5.75 Å². The second-order valence-corrected chi connectivity index (χ2v) is 14.2. The lowest BCUT2D eigenvalue weighted by Crippen LogP contribution is -2.36. The molecule has 4 nitrogen and oxygen atoms in total. The van der Waals surface area contributed by atoms with Gasteiger partial charge in [-0.3, -0.25) is 0 Å². The Bertz CT molecular complexity index is 1660. The van der Waals surface area contributed by atoms with E-state index in [-0.39, 0.29) is 29.5 Å². The molecule has 1 heterocycles. The first kappa shape index (κ1) is 34.2. The minimum absolute atomic E-state index is 0.00740. The number of hydrogen-bond donors (Lipinski definition) is 1. The average Bonchev–Trinajstić information content (AvgIpc) is 3.06. The second-order valence-electron chi connectivity index (χ2n) is 14.2. The van der Waals surface area contributed by atoms with Gasteiger partial charge in [0.2, 0.25) is 0 Å². The van der Waals surface area contributed by atoms with Gasteiger partial charge in [-0.2, -0.15) is 0 Å². The molecule has 0 saturated carbocycles. The Morgan fingerprint density at radius 3 is 2.11 bits per heavy atom. The molecular formula is C43H50O4. The second kappa shape index (κ2) is 14.7. The Kier molecular flexibility index (Phi) is 10.7.